The van der Waals surface area contributed by atoms with Gasteiger partial charge in [0, 0.05) is 33.4 Å². The van der Waals surface area contributed by atoms with Crippen molar-refractivity contribution in [3.8, 4) is 0 Å². The quantitative estimate of drug-likeness (QED) is 0.219. The normalized spacial score (nSPS) is 12.6. The van der Waals surface area contributed by atoms with Crippen molar-refractivity contribution in [3.63, 3.8) is 0 Å². The van der Waals surface area contributed by atoms with Crippen LogP contribution in [-0.2, 0) is 9.47 Å². The van der Waals surface area contributed by atoms with Crippen LogP contribution in [0.4, 0.5) is 4.39 Å². The van der Waals surface area contributed by atoms with Crippen molar-refractivity contribution < 1.29 is 13.9 Å². The molecule has 1 unspecified atom stereocenters. The molecule has 2 N–H and O–H groups in total. The first kappa shape index (κ1) is 25.1. The second-order valence-corrected chi connectivity index (χ2v) is 6.24. The summed E-state index contributed by atoms with van der Waals surface area (Å²) < 4.78 is 24.1. The molecule has 0 radical (unpaired) electrons. The second-order valence-electron chi connectivity index (χ2n) is 6.24. The number of hydrogen-bond acceptors (Lipinski definition) is 3. The maximum atomic E-state index is 13.0. The predicted molar refractivity (Wildman–Crippen MR) is 116 cm³/mol. The van der Waals surface area contributed by atoms with E-state index in [0.717, 1.165) is 44.2 Å². The Hall–Kier alpha value is -0.930. The first-order valence-electron chi connectivity index (χ1n) is 8.95. The number of halogens is 2. The number of nitrogens with one attached hydrogen (secondary N) is 2. The zero-order valence-electron chi connectivity index (χ0n) is 16.3. The maximum absolute atomic E-state index is 13.0. The van der Waals surface area contributed by atoms with Crippen LogP contribution in [0.1, 0.15) is 38.9 Å². The van der Waals surface area contributed by atoms with Crippen LogP contribution in [0, 0.1) is 11.7 Å². The molecule has 7 heteroatoms. The average molecular weight is 481 g/mol. The molecule has 1 rings (SSSR count). The highest BCUT2D eigenvalue weighted by molar-refractivity contribution is 14.0. The Kier molecular flexibility index (Phi) is 14.6. The minimum absolute atomic E-state index is 0. The van der Waals surface area contributed by atoms with Gasteiger partial charge in [-0.05, 0) is 37.0 Å². The highest BCUT2D eigenvalue weighted by Gasteiger charge is 2.10. The fourth-order valence-electron chi connectivity index (χ4n) is 2.21. The number of nitrogens with zero attached hydrogens (tertiary/aromatic N) is 1. The van der Waals surface area contributed by atoms with Crippen LogP contribution >= 0.6 is 24.0 Å². The lowest BCUT2D eigenvalue weighted by Crippen LogP contribution is -2.38. The van der Waals surface area contributed by atoms with Crippen LogP contribution in [0.5, 0.6) is 0 Å². The third-order valence-corrected chi connectivity index (χ3v) is 3.49. The SMILES string of the molecule is CCNC(=NCC(OC)c1ccc(F)cc1)NCCCOCC(C)C.I. The molecule has 0 fully saturated rings. The molecule has 0 aromatic heterocycles. The van der Waals surface area contributed by atoms with E-state index in [-0.39, 0.29) is 35.9 Å². The van der Waals surface area contributed by atoms with Gasteiger partial charge in [0.15, 0.2) is 5.96 Å². The van der Waals surface area contributed by atoms with Gasteiger partial charge in [0.2, 0.25) is 0 Å². The fraction of sp³-hybridized carbons (Fsp3) is 0.632. The second kappa shape index (κ2) is 15.2. The van der Waals surface area contributed by atoms with Gasteiger partial charge in [-0.1, -0.05) is 26.0 Å². The molecule has 0 aliphatic carbocycles. The summed E-state index contributed by atoms with van der Waals surface area (Å²) in [7, 11) is 1.63. The van der Waals surface area contributed by atoms with Crippen molar-refractivity contribution in [1.82, 2.24) is 10.6 Å². The molecule has 26 heavy (non-hydrogen) atoms. The van der Waals surface area contributed by atoms with Gasteiger partial charge >= 0.3 is 0 Å². The van der Waals surface area contributed by atoms with Crippen molar-refractivity contribution in [2.75, 3.05) is 40.0 Å². The summed E-state index contributed by atoms with van der Waals surface area (Å²) in [5.41, 5.74) is 0.908. The molecule has 0 saturated carbocycles. The fourth-order valence-corrected chi connectivity index (χ4v) is 2.21. The van der Waals surface area contributed by atoms with Gasteiger partial charge in [-0.15, -0.1) is 24.0 Å². The first-order valence-corrected chi connectivity index (χ1v) is 8.95. The van der Waals surface area contributed by atoms with Gasteiger partial charge < -0.3 is 20.1 Å². The summed E-state index contributed by atoms with van der Waals surface area (Å²) in [6.45, 7) is 9.87. The van der Waals surface area contributed by atoms with Crippen molar-refractivity contribution >= 4 is 29.9 Å². The van der Waals surface area contributed by atoms with Crippen LogP contribution in [0.3, 0.4) is 0 Å². The minimum atomic E-state index is -0.253. The van der Waals surface area contributed by atoms with Crippen molar-refractivity contribution in [2.24, 2.45) is 10.9 Å². The largest absolute Gasteiger partial charge is 0.381 e. The molecule has 5 nitrogen and oxygen atoms in total. The van der Waals surface area contributed by atoms with E-state index < -0.39 is 0 Å². The third-order valence-electron chi connectivity index (χ3n) is 3.49. The van der Waals surface area contributed by atoms with Crippen molar-refractivity contribution in [1.29, 1.82) is 0 Å². The summed E-state index contributed by atoms with van der Waals surface area (Å²) >= 11 is 0. The Morgan fingerprint density at radius 3 is 2.46 bits per heavy atom. The van der Waals surface area contributed by atoms with E-state index in [1.165, 1.54) is 12.1 Å². The Bertz CT molecular complexity index is 498. The highest BCUT2D eigenvalue weighted by atomic mass is 127. The van der Waals surface area contributed by atoms with E-state index in [2.05, 4.69) is 29.5 Å². The van der Waals surface area contributed by atoms with Crippen LogP contribution in [0.25, 0.3) is 0 Å². The summed E-state index contributed by atoms with van der Waals surface area (Å²) in [6, 6.07) is 6.33. The Morgan fingerprint density at radius 2 is 1.88 bits per heavy atom. The van der Waals surface area contributed by atoms with Gasteiger partial charge in [-0.3, -0.25) is 4.99 Å². The molecule has 1 aromatic carbocycles. The summed E-state index contributed by atoms with van der Waals surface area (Å²) in [6.07, 6.45) is 0.716. The average Bonchev–Trinajstić information content (AvgIpc) is 2.59. The number of benzene rings is 1. The molecular weight excluding hydrogens is 448 g/mol. The van der Waals surface area contributed by atoms with Gasteiger partial charge in [0.25, 0.3) is 0 Å². The Morgan fingerprint density at radius 1 is 1.19 bits per heavy atom. The summed E-state index contributed by atoms with van der Waals surface area (Å²) in [5.74, 6) is 1.05. The lowest BCUT2D eigenvalue weighted by molar-refractivity contribution is 0.108. The molecular formula is C19H33FIN3O2. The van der Waals surface area contributed by atoms with E-state index in [4.69, 9.17) is 9.47 Å². The maximum Gasteiger partial charge on any atom is 0.191 e. The van der Waals surface area contributed by atoms with Gasteiger partial charge in [-0.25, -0.2) is 4.39 Å². The molecule has 1 atom stereocenters. The van der Waals surface area contributed by atoms with E-state index >= 15 is 0 Å². The lowest BCUT2D eigenvalue weighted by Gasteiger charge is -2.16. The summed E-state index contributed by atoms with van der Waals surface area (Å²) in [4.78, 5) is 4.56. The molecule has 0 aliphatic rings. The molecule has 150 valence electrons. The van der Waals surface area contributed by atoms with Crippen molar-refractivity contribution in [3.05, 3.63) is 35.6 Å². The van der Waals surface area contributed by atoms with Crippen LogP contribution in [-0.4, -0.2) is 45.9 Å². The molecule has 0 heterocycles. The van der Waals surface area contributed by atoms with Gasteiger partial charge in [0.1, 0.15) is 11.9 Å². The van der Waals surface area contributed by atoms with Crippen LogP contribution < -0.4 is 10.6 Å². The van der Waals surface area contributed by atoms with E-state index in [0.29, 0.717) is 12.5 Å². The third kappa shape index (κ3) is 10.9. The number of rotatable bonds is 11. The predicted octanol–water partition coefficient (Wildman–Crippen LogP) is 3.75. The molecule has 0 amide bonds. The summed E-state index contributed by atoms with van der Waals surface area (Å²) in [5, 5.41) is 6.51. The lowest BCUT2D eigenvalue weighted by atomic mass is 10.1. The molecule has 0 spiro atoms. The van der Waals surface area contributed by atoms with Crippen LogP contribution in [0.15, 0.2) is 29.3 Å². The zero-order chi connectivity index (χ0) is 18.5. The number of methoxy groups -OCH3 is 1. The minimum Gasteiger partial charge on any atom is -0.381 e. The Labute approximate surface area is 174 Å². The topological polar surface area (TPSA) is 54.9 Å². The molecule has 0 saturated heterocycles. The van der Waals surface area contributed by atoms with E-state index in [1.54, 1.807) is 19.2 Å². The van der Waals surface area contributed by atoms with Gasteiger partial charge in [0.05, 0.1) is 6.54 Å². The van der Waals surface area contributed by atoms with Crippen molar-refractivity contribution in [2.45, 2.75) is 33.3 Å². The number of ether oxygens (including phenoxy) is 2. The smallest absolute Gasteiger partial charge is 0.191 e. The zero-order valence-corrected chi connectivity index (χ0v) is 18.6. The molecule has 0 aliphatic heterocycles. The Balaban J connectivity index is 0.00000625. The number of aliphatic imine (C=N–C) groups is 1. The number of hydrogen-bond donors (Lipinski definition) is 2. The monoisotopic (exact) mass is 481 g/mol. The first-order chi connectivity index (χ1) is 12.1. The van der Waals surface area contributed by atoms with Crippen LogP contribution in [0.2, 0.25) is 0 Å². The number of guanidine groups is 1. The van der Waals surface area contributed by atoms with E-state index in [9.17, 15) is 4.39 Å². The van der Waals surface area contributed by atoms with E-state index in [1.807, 2.05) is 6.92 Å². The molecule has 1 aromatic rings. The highest BCUT2D eigenvalue weighted by Crippen LogP contribution is 2.17. The van der Waals surface area contributed by atoms with Gasteiger partial charge in [-0.2, -0.15) is 0 Å². The standard InChI is InChI=1S/C19H32FN3O2.HI/c1-5-21-19(22-11-6-12-25-14-15(2)3)23-13-18(24-4)16-7-9-17(20)10-8-16;/h7-10,15,18H,5-6,11-14H2,1-4H3,(H2,21,22,23);1H. The molecule has 0 bridgehead atoms.